The molecule has 84 valence electrons. The Balaban J connectivity index is 2.86. The van der Waals surface area contributed by atoms with Gasteiger partial charge in [0.1, 0.15) is 0 Å². The molecule has 1 rings (SSSR count). The van der Waals surface area contributed by atoms with Crippen LogP contribution in [0.4, 0.5) is 0 Å². The molecule has 0 N–H and O–H groups in total. The maximum Gasteiger partial charge on any atom is 0.347 e. The van der Waals surface area contributed by atoms with E-state index in [9.17, 15) is 0 Å². The minimum atomic E-state index is -1.94. The van der Waals surface area contributed by atoms with Crippen LogP contribution in [-0.4, -0.2) is 21.8 Å². The third-order valence-corrected chi connectivity index (χ3v) is 9.49. The molecule has 2 unspecified atom stereocenters. The first-order chi connectivity index (χ1) is 6.44. The average molecular weight is 216 g/mol. The molecule has 0 aromatic rings. The summed E-state index contributed by atoms with van der Waals surface area (Å²) >= 11 is 0. The van der Waals surface area contributed by atoms with E-state index in [1.54, 1.807) is 0 Å². The Morgan fingerprint density at radius 1 is 1.07 bits per heavy atom. The summed E-state index contributed by atoms with van der Waals surface area (Å²) < 4.78 is 12.0. The van der Waals surface area contributed by atoms with E-state index in [4.69, 9.17) is 8.85 Å². The van der Waals surface area contributed by atoms with Crippen LogP contribution in [-0.2, 0) is 8.85 Å². The van der Waals surface area contributed by atoms with Crippen molar-refractivity contribution in [1.82, 2.24) is 0 Å². The van der Waals surface area contributed by atoms with Crippen molar-refractivity contribution in [2.45, 2.75) is 52.1 Å². The molecule has 1 heterocycles. The first-order valence-corrected chi connectivity index (χ1v) is 7.61. The molecule has 0 spiro atoms. The fraction of sp³-hybridized carbons (Fsp3) is 1.00. The Kier molecular flexibility index (Phi) is 3.44. The molecule has 1 aliphatic heterocycles. The highest BCUT2D eigenvalue weighted by Crippen LogP contribution is 2.65. The summed E-state index contributed by atoms with van der Waals surface area (Å²) in [6.07, 6.45) is 0. The summed E-state index contributed by atoms with van der Waals surface area (Å²) in [6, 6.07) is 0. The van der Waals surface area contributed by atoms with Crippen LogP contribution in [0.1, 0.15) is 41.5 Å². The molecule has 14 heavy (non-hydrogen) atoms. The largest absolute Gasteiger partial charge is 0.394 e. The number of rotatable bonds is 4. The molecule has 1 fully saturated rings. The van der Waals surface area contributed by atoms with Crippen molar-refractivity contribution >= 4 is 8.56 Å². The summed E-state index contributed by atoms with van der Waals surface area (Å²) in [6.45, 7) is 14.9. The van der Waals surface area contributed by atoms with Gasteiger partial charge in [-0.15, -0.1) is 0 Å². The van der Waals surface area contributed by atoms with E-state index in [0.29, 0.717) is 11.5 Å². The van der Waals surface area contributed by atoms with Crippen molar-refractivity contribution < 1.29 is 8.85 Å². The quantitative estimate of drug-likeness (QED) is 0.671. The van der Waals surface area contributed by atoms with Gasteiger partial charge in [0.05, 0.1) is 0 Å². The summed E-state index contributed by atoms with van der Waals surface area (Å²) in [5, 5.41) is 0.262. The Morgan fingerprint density at radius 3 is 1.79 bits per heavy atom. The Hall–Kier alpha value is 0.137. The van der Waals surface area contributed by atoms with E-state index in [1.165, 1.54) is 0 Å². The van der Waals surface area contributed by atoms with Crippen LogP contribution >= 0.6 is 0 Å². The van der Waals surface area contributed by atoms with Gasteiger partial charge < -0.3 is 8.85 Å². The van der Waals surface area contributed by atoms with E-state index in [0.717, 1.165) is 13.2 Å². The smallest absolute Gasteiger partial charge is 0.347 e. The topological polar surface area (TPSA) is 18.5 Å². The molecule has 0 aliphatic carbocycles. The minimum Gasteiger partial charge on any atom is -0.394 e. The number of hydrogen-bond acceptors (Lipinski definition) is 2. The number of hydrogen-bond donors (Lipinski definition) is 0. The molecule has 0 bridgehead atoms. The first kappa shape index (κ1) is 12.2. The van der Waals surface area contributed by atoms with Gasteiger partial charge in [-0.1, -0.05) is 27.7 Å². The van der Waals surface area contributed by atoms with Gasteiger partial charge >= 0.3 is 8.56 Å². The normalized spacial score (nSPS) is 33.9. The minimum absolute atomic E-state index is 0.262. The molecule has 0 aromatic carbocycles. The van der Waals surface area contributed by atoms with Gasteiger partial charge in [0.2, 0.25) is 0 Å². The summed E-state index contributed by atoms with van der Waals surface area (Å²) in [5.74, 6) is 0.715. The Morgan fingerprint density at radius 2 is 1.50 bits per heavy atom. The van der Waals surface area contributed by atoms with Gasteiger partial charge in [-0.2, -0.15) is 0 Å². The lowest BCUT2D eigenvalue weighted by Crippen LogP contribution is -2.67. The molecule has 0 saturated carbocycles. The molecule has 0 amide bonds. The van der Waals surface area contributed by atoms with E-state index in [1.807, 2.05) is 0 Å². The second-order valence-corrected chi connectivity index (χ2v) is 8.94. The van der Waals surface area contributed by atoms with Gasteiger partial charge in [0.25, 0.3) is 0 Å². The molecule has 0 radical (unpaired) electrons. The van der Waals surface area contributed by atoms with Crippen LogP contribution in [0.5, 0.6) is 0 Å². The van der Waals surface area contributed by atoms with Crippen LogP contribution in [0.3, 0.4) is 0 Å². The highest BCUT2D eigenvalue weighted by atomic mass is 28.4. The molecule has 1 saturated heterocycles. The predicted octanol–water partition coefficient (Wildman–Crippen LogP) is 3.32. The molecule has 1 aliphatic rings. The second-order valence-electron chi connectivity index (χ2n) is 4.83. The van der Waals surface area contributed by atoms with Crippen molar-refractivity contribution in [3.05, 3.63) is 0 Å². The zero-order chi connectivity index (χ0) is 11.0. The van der Waals surface area contributed by atoms with Crippen LogP contribution in [0.15, 0.2) is 0 Å². The van der Waals surface area contributed by atoms with E-state index < -0.39 is 8.56 Å². The van der Waals surface area contributed by atoms with E-state index in [-0.39, 0.29) is 5.04 Å². The van der Waals surface area contributed by atoms with Crippen molar-refractivity contribution in [2.24, 2.45) is 5.92 Å². The molecular weight excluding hydrogens is 192 g/mol. The maximum atomic E-state index is 6.02. The Labute approximate surface area is 89.2 Å². The highest BCUT2D eigenvalue weighted by molar-refractivity contribution is 6.75. The third kappa shape index (κ3) is 1.37. The highest BCUT2D eigenvalue weighted by Gasteiger charge is 2.69. The maximum absolute atomic E-state index is 6.02. The zero-order valence-corrected chi connectivity index (χ0v) is 11.4. The fourth-order valence-corrected chi connectivity index (χ4v) is 7.94. The zero-order valence-electron chi connectivity index (χ0n) is 10.4. The van der Waals surface area contributed by atoms with Gasteiger partial charge in [-0.05, 0) is 19.8 Å². The lowest BCUT2D eigenvalue weighted by molar-refractivity contribution is 0.0809. The summed E-state index contributed by atoms with van der Waals surface area (Å²) in [7, 11) is -1.94. The third-order valence-electron chi connectivity index (χ3n) is 4.10. The molecular formula is C11H24O2Si. The van der Waals surface area contributed by atoms with Crippen LogP contribution < -0.4 is 0 Å². The van der Waals surface area contributed by atoms with Crippen LogP contribution in [0.25, 0.3) is 0 Å². The summed E-state index contributed by atoms with van der Waals surface area (Å²) in [5.41, 5.74) is 0.623. The monoisotopic (exact) mass is 216 g/mol. The molecule has 3 heteroatoms. The van der Waals surface area contributed by atoms with Crippen molar-refractivity contribution in [2.75, 3.05) is 13.2 Å². The van der Waals surface area contributed by atoms with Gasteiger partial charge in [-0.25, -0.2) is 0 Å². The second kappa shape index (κ2) is 3.95. The SMILES string of the molecule is CCO[Si]1(OCC)C(C)C(C)C1(C)C. The summed E-state index contributed by atoms with van der Waals surface area (Å²) in [4.78, 5) is 0. The predicted molar refractivity (Wildman–Crippen MR) is 61.6 cm³/mol. The molecule has 2 atom stereocenters. The lowest BCUT2D eigenvalue weighted by Gasteiger charge is -2.61. The average Bonchev–Trinajstić information content (AvgIpc) is 2.15. The molecule has 2 nitrogen and oxygen atoms in total. The van der Waals surface area contributed by atoms with Gasteiger partial charge in [-0.3, -0.25) is 0 Å². The van der Waals surface area contributed by atoms with Gasteiger partial charge in [0, 0.05) is 23.8 Å². The van der Waals surface area contributed by atoms with Crippen molar-refractivity contribution in [3.63, 3.8) is 0 Å². The van der Waals surface area contributed by atoms with Crippen LogP contribution in [0, 0.1) is 5.92 Å². The fourth-order valence-electron chi connectivity index (χ4n) is 2.87. The standard InChI is InChI=1S/C11H24O2Si/c1-7-12-14(13-8-2)10(4)9(3)11(14,5)6/h9-10H,7-8H2,1-6H3. The van der Waals surface area contributed by atoms with Crippen molar-refractivity contribution in [3.8, 4) is 0 Å². The van der Waals surface area contributed by atoms with Crippen molar-refractivity contribution in [1.29, 1.82) is 0 Å². The Bertz CT molecular complexity index is 197. The van der Waals surface area contributed by atoms with E-state index in [2.05, 4.69) is 41.5 Å². The lowest BCUT2D eigenvalue weighted by atomic mass is 9.91. The van der Waals surface area contributed by atoms with Crippen LogP contribution in [0.2, 0.25) is 10.6 Å². The molecule has 0 aromatic heterocycles. The van der Waals surface area contributed by atoms with Gasteiger partial charge in [0.15, 0.2) is 0 Å². The first-order valence-electron chi connectivity index (χ1n) is 5.72. The van der Waals surface area contributed by atoms with E-state index >= 15 is 0 Å².